The fraction of sp³-hybridized carbons (Fsp3) is 0.357. The van der Waals surface area contributed by atoms with E-state index in [-0.39, 0.29) is 12.5 Å². The van der Waals surface area contributed by atoms with Gasteiger partial charge in [-0.15, -0.1) is 5.10 Å². The molecular formula is C14H14Cl2N4O2. The number of amides is 1. The third-order valence-electron chi connectivity index (χ3n) is 3.47. The van der Waals surface area contributed by atoms with Gasteiger partial charge in [-0.25, -0.2) is 0 Å². The van der Waals surface area contributed by atoms with Crippen LogP contribution in [0.2, 0.25) is 10.0 Å². The van der Waals surface area contributed by atoms with Gasteiger partial charge in [0.15, 0.2) is 6.61 Å². The van der Waals surface area contributed by atoms with Crippen LogP contribution in [0.5, 0.6) is 5.75 Å². The van der Waals surface area contributed by atoms with Crippen LogP contribution < -0.4 is 4.74 Å². The van der Waals surface area contributed by atoms with Crippen molar-refractivity contribution in [2.45, 2.75) is 6.54 Å². The molecular weight excluding hydrogens is 327 g/mol. The minimum atomic E-state index is -0.0548. The lowest BCUT2D eigenvalue weighted by Crippen LogP contribution is -2.52. The third-order valence-corrected chi connectivity index (χ3v) is 4.00. The maximum Gasteiger partial charge on any atom is 0.260 e. The van der Waals surface area contributed by atoms with Crippen molar-refractivity contribution in [3.05, 3.63) is 40.6 Å². The zero-order valence-electron chi connectivity index (χ0n) is 11.7. The van der Waals surface area contributed by atoms with E-state index in [1.807, 2.05) is 6.20 Å². The van der Waals surface area contributed by atoms with E-state index in [1.165, 1.54) is 0 Å². The molecule has 22 heavy (non-hydrogen) atoms. The number of ether oxygens (including phenoxy) is 1. The average Bonchev–Trinajstić information content (AvgIpc) is 2.94. The molecule has 0 unspecified atom stereocenters. The number of carbonyl (C=O) groups is 1. The van der Waals surface area contributed by atoms with E-state index < -0.39 is 0 Å². The minimum absolute atomic E-state index is 0.0304. The van der Waals surface area contributed by atoms with Gasteiger partial charge in [-0.05, 0) is 18.2 Å². The topological polar surface area (TPSA) is 60.2 Å². The van der Waals surface area contributed by atoms with Crippen molar-refractivity contribution in [2.75, 3.05) is 19.7 Å². The Morgan fingerprint density at radius 2 is 2.18 bits per heavy atom. The van der Waals surface area contributed by atoms with Crippen molar-refractivity contribution in [3.63, 3.8) is 0 Å². The second-order valence-corrected chi connectivity index (χ2v) is 6.00. The maximum atomic E-state index is 12.0. The monoisotopic (exact) mass is 340 g/mol. The highest BCUT2D eigenvalue weighted by molar-refractivity contribution is 6.35. The normalized spacial score (nSPS) is 14.7. The lowest BCUT2D eigenvalue weighted by atomic mass is 10.0. The molecule has 0 saturated carbocycles. The summed E-state index contributed by atoms with van der Waals surface area (Å²) in [6.07, 6.45) is 3.46. The quantitative estimate of drug-likeness (QED) is 0.836. The summed E-state index contributed by atoms with van der Waals surface area (Å²) in [6, 6.07) is 4.91. The molecule has 1 amide bonds. The van der Waals surface area contributed by atoms with Crippen LogP contribution in [0, 0.1) is 5.92 Å². The predicted octanol–water partition coefficient (Wildman–Crippen LogP) is 2.12. The van der Waals surface area contributed by atoms with E-state index >= 15 is 0 Å². The first-order valence-electron chi connectivity index (χ1n) is 6.81. The number of hydrogen-bond donors (Lipinski definition) is 0. The van der Waals surface area contributed by atoms with Crippen molar-refractivity contribution < 1.29 is 9.53 Å². The second kappa shape index (κ2) is 6.54. The highest BCUT2D eigenvalue weighted by Crippen LogP contribution is 2.27. The molecule has 1 aliphatic heterocycles. The smallest absolute Gasteiger partial charge is 0.260 e. The van der Waals surface area contributed by atoms with E-state index in [2.05, 4.69) is 10.3 Å². The van der Waals surface area contributed by atoms with Gasteiger partial charge in [-0.2, -0.15) is 0 Å². The third kappa shape index (κ3) is 3.51. The summed E-state index contributed by atoms with van der Waals surface area (Å²) in [5, 5.41) is 8.60. The maximum absolute atomic E-state index is 12.0. The molecule has 3 rings (SSSR count). The number of nitrogens with zero attached hydrogens (tertiary/aromatic N) is 4. The van der Waals surface area contributed by atoms with Crippen LogP contribution in [0.1, 0.15) is 0 Å². The number of aromatic nitrogens is 3. The van der Waals surface area contributed by atoms with Crippen LogP contribution in [0.15, 0.2) is 30.6 Å². The molecule has 8 heteroatoms. The Bertz CT molecular complexity index is 657. The van der Waals surface area contributed by atoms with Crippen LogP contribution in [-0.4, -0.2) is 45.5 Å². The summed E-state index contributed by atoms with van der Waals surface area (Å²) < 4.78 is 7.22. The molecule has 0 aliphatic carbocycles. The first kappa shape index (κ1) is 15.1. The summed E-state index contributed by atoms with van der Waals surface area (Å²) in [4.78, 5) is 13.8. The van der Waals surface area contributed by atoms with Gasteiger partial charge in [-0.3, -0.25) is 9.48 Å². The molecule has 0 atom stereocenters. The van der Waals surface area contributed by atoms with Crippen molar-refractivity contribution in [3.8, 4) is 5.75 Å². The van der Waals surface area contributed by atoms with Gasteiger partial charge in [0.1, 0.15) is 5.75 Å². The first-order valence-corrected chi connectivity index (χ1v) is 7.57. The Morgan fingerprint density at radius 3 is 2.86 bits per heavy atom. The van der Waals surface area contributed by atoms with Crippen LogP contribution in [0.3, 0.4) is 0 Å². The molecule has 2 heterocycles. The molecule has 1 fully saturated rings. The van der Waals surface area contributed by atoms with Crippen molar-refractivity contribution >= 4 is 29.1 Å². The van der Waals surface area contributed by atoms with Crippen LogP contribution in [-0.2, 0) is 11.3 Å². The van der Waals surface area contributed by atoms with Crippen LogP contribution >= 0.6 is 23.2 Å². The van der Waals surface area contributed by atoms with E-state index in [4.69, 9.17) is 27.9 Å². The van der Waals surface area contributed by atoms with Gasteiger partial charge in [-0.1, -0.05) is 28.4 Å². The summed E-state index contributed by atoms with van der Waals surface area (Å²) in [6.45, 7) is 2.15. The van der Waals surface area contributed by atoms with Gasteiger partial charge in [0.05, 0.1) is 11.2 Å². The van der Waals surface area contributed by atoms with Gasteiger partial charge in [0.25, 0.3) is 5.91 Å². The fourth-order valence-corrected chi connectivity index (χ4v) is 2.77. The molecule has 116 valence electrons. The van der Waals surface area contributed by atoms with E-state index in [9.17, 15) is 4.79 Å². The fourth-order valence-electron chi connectivity index (χ4n) is 2.31. The van der Waals surface area contributed by atoms with Crippen LogP contribution in [0.25, 0.3) is 0 Å². The molecule has 0 radical (unpaired) electrons. The van der Waals surface area contributed by atoms with Gasteiger partial charge in [0, 0.05) is 36.8 Å². The highest BCUT2D eigenvalue weighted by Gasteiger charge is 2.31. The lowest BCUT2D eigenvalue weighted by Gasteiger charge is -2.39. The van der Waals surface area contributed by atoms with Crippen molar-refractivity contribution in [1.29, 1.82) is 0 Å². The predicted molar refractivity (Wildman–Crippen MR) is 82.0 cm³/mol. The SMILES string of the molecule is O=C(COc1ccc(Cl)cc1Cl)N1CC(Cn2ccnn2)C1. The molecule has 1 aliphatic rings. The van der Waals surface area contributed by atoms with Gasteiger partial charge < -0.3 is 9.64 Å². The van der Waals surface area contributed by atoms with E-state index in [1.54, 1.807) is 34.0 Å². The Morgan fingerprint density at radius 1 is 1.36 bits per heavy atom. The molecule has 1 aromatic heterocycles. The standard InChI is InChI=1S/C14H14Cl2N4O2/c15-11-1-2-13(12(16)5-11)22-9-14(21)19-6-10(7-19)8-20-4-3-17-18-20/h1-5,10H,6-9H2. The number of likely N-dealkylation sites (tertiary alicyclic amines) is 1. The Balaban J connectivity index is 1.44. The van der Waals surface area contributed by atoms with E-state index in [0.717, 1.165) is 6.54 Å². The summed E-state index contributed by atoms with van der Waals surface area (Å²) in [5.41, 5.74) is 0. The number of carbonyl (C=O) groups excluding carboxylic acids is 1. The lowest BCUT2D eigenvalue weighted by molar-refractivity contribution is -0.140. The second-order valence-electron chi connectivity index (χ2n) is 5.15. The largest absolute Gasteiger partial charge is 0.482 e. The van der Waals surface area contributed by atoms with Crippen LogP contribution in [0.4, 0.5) is 0 Å². The Kier molecular flexibility index (Phi) is 4.49. The zero-order chi connectivity index (χ0) is 15.5. The minimum Gasteiger partial charge on any atom is -0.482 e. The summed E-state index contributed by atoms with van der Waals surface area (Å²) in [5.74, 6) is 0.810. The molecule has 0 bridgehead atoms. The summed E-state index contributed by atoms with van der Waals surface area (Å²) in [7, 11) is 0. The molecule has 1 aromatic carbocycles. The van der Waals surface area contributed by atoms with Gasteiger partial charge in [0.2, 0.25) is 0 Å². The molecule has 6 nitrogen and oxygen atoms in total. The van der Waals surface area contributed by atoms with E-state index in [0.29, 0.717) is 34.8 Å². The number of benzene rings is 1. The number of hydrogen-bond acceptors (Lipinski definition) is 4. The van der Waals surface area contributed by atoms with Gasteiger partial charge >= 0.3 is 0 Å². The first-order chi connectivity index (χ1) is 10.6. The molecule has 0 spiro atoms. The van der Waals surface area contributed by atoms with Crippen molar-refractivity contribution in [2.24, 2.45) is 5.92 Å². The number of rotatable bonds is 5. The van der Waals surface area contributed by atoms with Crippen molar-refractivity contribution in [1.82, 2.24) is 19.9 Å². The Hall–Kier alpha value is -1.79. The Labute approximate surface area is 137 Å². The molecule has 0 N–H and O–H groups in total. The highest BCUT2D eigenvalue weighted by atomic mass is 35.5. The summed E-state index contributed by atoms with van der Waals surface area (Å²) >= 11 is 11.8. The molecule has 2 aromatic rings. The molecule has 1 saturated heterocycles. The zero-order valence-corrected chi connectivity index (χ0v) is 13.2. The average molecular weight is 341 g/mol. The number of halogens is 2.